The first-order valence-electron chi connectivity index (χ1n) is 18.1. The topological polar surface area (TPSA) is 47.3 Å². The van der Waals surface area contributed by atoms with E-state index in [4.69, 9.17) is 13.8 Å². The molecule has 254 valence electrons. The normalized spacial score (nSPS) is 11.7. The van der Waals surface area contributed by atoms with Crippen LogP contribution in [0.4, 0.5) is 17.1 Å². The Bertz CT molecular complexity index is 3160. The Hall–Kier alpha value is -7.37. The Kier molecular flexibility index (Phi) is 6.79. The van der Waals surface area contributed by atoms with E-state index in [1.54, 1.807) is 0 Å². The van der Waals surface area contributed by atoms with Gasteiger partial charge in [0.15, 0.2) is 5.58 Å². The summed E-state index contributed by atoms with van der Waals surface area (Å²) in [7, 11) is 0. The summed E-state index contributed by atoms with van der Waals surface area (Å²) in [6.07, 6.45) is 0. The fourth-order valence-corrected chi connectivity index (χ4v) is 7.89. The van der Waals surface area contributed by atoms with Crippen molar-refractivity contribution in [3.63, 3.8) is 0 Å². The third kappa shape index (κ3) is 4.90. The van der Waals surface area contributed by atoms with E-state index >= 15 is 0 Å². The molecule has 0 aliphatic carbocycles. The van der Waals surface area contributed by atoms with E-state index in [-0.39, 0.29) is 0 Å². The molecular weight excluding hydrogens is 663 g/mol. The van der Waals surface area contributed by atoms with E-state index in [1.807, 2.05) is 42.5 Å². The predicted molar refractivity (Wildman–Crippen MR) is 221 cm³/mol. The van der Waals surface area contributed by atoms with Crippen LogP contribution in [0.5, 0.6) is 0 Å². The fourth-order valence-electron chi connectivity index (χ4n) is 7.89. The van der Waals surface area contributed by atoms with Gasteiger partial charge in [-0.1, -0.05) is 97.1 Å². The summed E-state index contributed by atoms with van der Waals surface area (Å²) in [5.41, 5.74) is 12.9. The van der Waals surface area contributed by atoms with Gasteiger partial charge in [-0.05, 0) is 90.0 Å². The quantitative estimate of drug-likeness (QED) is 0.174. The minimum absolute atomic E-state index is 0.599. The summed E-state index contributed by atoms with van der Waals surface area (Å²) in [4.78, 5) is 7.12. The van der Waals surface area contributed by atoms with Crippen LogP contribution in [0, 0.1) is 0 Å². The summed E-state index contributed by atoms with van der Waals surface area (Å²) >= 11 is 0. The summed E-state index contributed by atoms with van der Waals surface area (Å²) < 4.78 is 15.2. The first-order valence-corrected chi connectivity index (χ1v) is 18.1. The van der Waals surface area contributed by atoms with Gasteiger partial charge in [-0.3, -0.25) is 0 Å². The van der Waals surface area contributed by atoms with Gasteiger partial charge in [0.1, 0.15) is 16.7 Å². The molecule has 0 atom stereocenters. The van der Waals surface area contributed by atoms with Crippen LogP contribution < -0.4 is 4.90 Å². The maximum atomic E-state index is 6.60. The van der Waals surface area contributed by atoms with Gasteiger partial charge in [0.05, 0.1) is 11.0 Å². The second-order valence-corrected chi connectivity index (χ2v) is 13.6. The fraction of sp³-hybridized carbons (Fsp3) is 0. The summed E-state index contributed by atoms with van der Waals surface area (Å²) in [5, 5.41) is 4.41. The van der Waals surface area contributed by atoms with Gasteiger partial charge in [0.2, 0.25) is 5.89 Å². The first kappa shape index (κ1) is 30.3. The third-order valence-corrected chi connectivity index (χ3v) is 10.4. The first-order chi connectivity index (χ1) is 26.7. The number of fused-ring (bicyclic) bond motifs is 7. The van der Waals surface area contributed by atoms with Crippen molar-refractivity contribution in [1.29, 1.82) is 0 Å². The van der Waals surface area contributed by atoms with Gasteiger partial charge >= 0.3 is 0 Å². The van der Waals surface area contributed by atoms with Gasteiger partial charge in [0.25, 0.3) is 0 Å². The number of furan rings is 1. The van der Waals surface area contributed by atoms with Gasteiger partial charge in [0, 0.05) is 62.0 Å². The molecule has 0 unspecified atom stereocenters. The van der Waals surface area contributed by atoms with Crippen LogP contribution in [0.25, 0.3) is 83.1 Å². The molecule has 3 heterocycles. The summed E-state index contributed by atoms with van der Waals surface area (Å²) in [6, 6.07) is 65.8. The Balaban J connectivity index is 1.09. The third-order valence-electron chi connectivity index (χ3n) is 10.4. The average molecular weight is 694 g/mol. The van der Waals surface area contributed by atoms with Crippen molar-refractivity contribution in [2.75, 3.05) is 4.90 Å². The molecule has 5 nitrogen and oxygen atoms in total. The van der Waals surface area contributed by atoms with Crippen molar-refractivity contribution in [3.8, 4) is 28.3 Å². The molecule has 0 radical (unpaired) electrons. The lowest BCUT2D eigenvalue weighted by Gasteiger charge is -2.26. The number of nitrogens with zero attached hydrogens (tertiary/aromatic N) is 3. The second-order valence-electron chi connectivity index (χ2n) is 13.6. The Labute approximate surface area is 310 Å². The smallest absolute Gasteiger partial charge is 0.227 e. The molecule has 0 N–H and O–H groups in total. The van der Waals surface area contributed by atoms with Gasteiger partial charge in [-0.2, -0.15) is 0 Å². The van der Waals surface area contributed by atoms with Crippen molar-refractivity contribution >= 4 is 71.9 Å². The monoisotopic (exact) mass is 693 g/mol. The molecule has 0 fully saturated rings. The van der Waals surface area contributed by atoms with Gasteiger partial charge < -0.3 is 18.3 Å². The van der Waals surface area contributed by atoms with Crippen LogP contribution in [0.1, 0.15) is 0 Å². The lowest BCUT2D eigenvalue weighted by molar-refractivity contribution is 0.620. The van der Waals surface area contributed by atoms with Crippen LogP contribution in [0.15, 0.2) is 197 Å². The van der Waals surface area contributed by atoms with Crippen molar-refractivity contribution in [2.24, 2.45) is 0 Å². The van der Waals surface area contributed by atoms with E-state index in [2.05, 4.69) is 155 Å². The van der Waals surface area contributed by atoms with Crippen LogP contribution in [0.3, 0.4) is 0 Å². The second kappa shape index (κ2) is 12.1. The van der Waals surface area contributed by atoms with Gasteiger partial charge in [-0.15, -0.1) is 0 Å². The van der Waals surface area contributed by atoms with E-state index in [0.29, 0.717) is 5.89 Å². The van der Waals surface area contributed by atoms with E-state index in [9.17, 15) is 0 Å². The Morgan fingerprint density at radius 3 is 1.87 bits per heavy atom. The zero-order valence-corrected chi connectivity index (χ0v) is 29.1. The lowest BCUT2D eigenvalue weighted by atomic mass is 10.0. The molecule has 0 aliphatic heterocycles. The van der Waals surface area contributed by atoms with Crippen molar-refractivity contribution in [1.82, 2.24) is 9.55 Å². The molecule has 11 aromatic rings. The molecular formula is C49H31N3O2. The highest BCUT2D eigenvalue weighted by Gasteiger charge is 2.20. The van der Waals surface area contributed by atoms with Crippen LogP contribution >= 0.6 is 0 Å². The Morgan fingerprint density at radius 1 is 0.389 bits per heavy atom. The van der Waals surface area contributed by atoms with Gasteiger partial charge in [-0.25, -0.2) is 4.98 Å². The molecule has 0 aliphatic rings. The number of rotatable bonds is 6. The lowest BCUT2D eigenvalue weighted by Crippen LogP contribution is -2.10. The SMILES string of the molecule is c1ccc(-c2cccc(N(c3ccc4c(c3)oc3cc5nc(-c6ccccc6)oc5cc34)c3ccc4c(c3)c3ccccc3n4-c3ccccc3)c2)cc1. The summed E-state index contributed by atoms with van der Waals surface area (Å²) in [6.45, 7) is 0. The average Bonchev–Trinajstić information content (AvgIpc) is 3.92. The maximum absolute atomic E-state index is 6.60. The molecule has 5 heteroatoms. The highest BCUT2D eigenvalue weighted by molar-refractivity contribution is 6.12. The number of aromatic nitrogens is 2. The van der Waals surface area contributed by atoms with Crippen molar-refractivity contribution < 1.29 is 8.83 Å². The van der Waals surface area contributed by atoms with E-state index in [0.717, 1.165) is 72.4 Å². The predicted octanol–water partition coefficient (Wildman–Crippen LogP) is 13.6. The van der Waals surface area contributed by atoms with Crippen LogP contribution in [-0.2, 0) is 0 Å². The molecule has 0 saturated heterocycles. The molecule has 11 rings (SSSR count). The standard InChI is InChI=1S/C49H31N3O2/c1-4-13-32(14-5-1)34-17-12-20-36(27-34)51(37-24-26-45-41(28-37)39-21-10-11-22-44(39)52(45)35-18-8-3-9-19-35)38-23-25-40-42-30-48-43(31-47(42)53-46(40)29-38)50-49(54-48)33-15-6-2-7-16-33/h1-31H. The highest BCUT2D eigenvalue weighted by Crippen LogP contribution is 2.43. The maximum Gasteiger partial charge on any atom is 0.227 e. The molecule has 0 saturated carbocycles. The van der Waals surface area contributed by atoms with E-state index in [1.165, 1.54) is 21.9 Å². The van der Waals surface area contributed by atoms with Crippen LogP contribution in [-0.4, -0.2) is 9.55 Å². The van der Waals surface area contributed by atoms with Crippen molar-refractivity contribution in [2.45, 2.75) is 0 Å². The number of benzene rings is 8. The minimum Gasteiger partial charge on any atom is -0.456 e. The number of hydrogen-bond donors (Lipinski definition) is 0. The molecule has 0 bridgehead atoms. The Morgan fingerprint density at radius 2 is 1.04 bits per heavy atom. The number of anilines is 3. The largest absolute Gasteiger partial charge is 0.456 e. The number of para-hydroxylation sites is 2. The molecule has 0 amide bonds. The summed E-state index contributed by atoms with van der Waals surface area (Å²) in [5.74, 6) is 0.599. The zero-order chi connectivity index (χ0) is 35.6. The molecule has 54 heavy (non-hydrogen) atoms. The highest BCUT2D eigenvalue weighted by atomic mass is 16.4. The number of oxazole rings is 1. The molecule has 3 aromatic heterocycles. The zero-order valence-electron chi connectivity index (χ0n) is 29.1. The molecule has 0 spiro atoms. The van der Waals surface area contributed by atoms with Crippen LogP contribution in [0.2, 0.25) is 0 Å². The van der Waals surface area contributed by atoms with Crippen molar-refractivity contribution in [3.05, 3.63) is 188 Å². The molecule has 8 aromatic carbocycles. The number of hydrogen-bond acceptors (Lipinski definition) is 4. The minimum atomic E-state index is 0.599. The van der Waals surface area contributed by atoms with E-state index < -0.39 is 0 Å².